The lowest BCUT2D eigenvalue weighted by atomic mass is 9.99. The van der Waals surface area contributed by atoms with E-state index in [0.29, 0.717) is 18.4 Å². The molecule has 0 spiro atoms. The number of anilines is 1. The highest BCUT2D eigenvalue weighted by molar-refractivity contribution is 5.85. The number of hydrogen-bond donors (Lipinski definition) is 1. The number of aromatic nitrogens is 2. The highest BCUT2D eigenvalue weighted by atomic mass is 35.5. The summed E-state index contributed by atoms with van der Waals surface area (Å²) in [5.74, 6) is 0.716. The first-order valence-electron chi connectivity index (χ1n) is 5.22. The van der Waals surface area contributed by atoms with Crippen molar-refractivity contribution in [3.8, 4) is 0 Å². The van der Waals surface area contributed by atoms with Gasteiger partial charge in [0.25, 0.3) is 0 Å². The minimum atomic E-state index is -0.397. The summed E-state index contributed by atoms with van der Waals surface area (Å²) in [5, 5.41) is 0. The predicted octanol–water partition coefficient (Wildman–Crippen LogP) is 1.21. The minimum absolute atomic E-state index is 0. The quantitative estimate of drug-likeness (QED) is 0.852. The Morgan fingerprint density at radius 1 is 1.44 bits per heavy atom. The summed E-state index contributed by atoms with van der Waals surface area (Å²) >= 11 is 0. The number of rotatable bonds is 2. The van der Waals surface area contributed by atoms with E-state index >= 15 is 0 Å². The zero-order chi connectivity index (χ0) is 10.7. The van der Waals surface area contributed by atoms with E-state index in [1.165, 1.54) is 12.4 Å². The molecule has 2 heterocycles. The van der Waals surface area contributed by atoms with Gasteiger partial charge in [-0.05, 0) is 25.3 Å². The molecule has 2 rings (SSSR count). The summed E-state index contributed by atoms with van der Waals surface area (Å²) in [4.78, 5) is 10.0. The van der Waals surface area contributed by atoms with Crippen LogP contribution in [0.1, 0.15) is 12.8 Å². The molecule has 0 aromatic carbocycles. The van der Waals surface area contributed by atoms with Crippen molar-refractivity contribution in [2.45, 2.75) is 12.8 Å². The topological polar surface area (TPSA) is 55.0 Å². The maximum Gasteiger partial charge on any atom is 0.225 e. The van der Waals surface area contributed by atoms with Crippen LogP contribution in [0.3, 0.4) is 0 Å². The molecule has 0 aliphatic carbocycles. The van der Waals surface area contributed by atoms with E-state index in [-0.39, 0.29) is 12.4 Å². The standard InChI is InChI=1S/C10H15FN4.ClH/c11-9-5-13-10(14-6-9)15-3-1-2-8(4-12)7-15;/h5-6,8H,1-4,7,12H2;1H. The molecule has 0 saturated carbocycles. The van der Waals surface area contributed by atoms with Gasteiger partial charge in [-0.1, -0.05) is 0 Å². The van der Waals surface area contributed by atoms with Gasteiger partial charge in [-0.25, -0.2) is 14.4 Å². The van der Waals surface area contributed by atoms with Gasteiger partial charge in [0.1, 0.15) is 0 Å². The van der Waals surface area contributed by atoms with E-state index in [9.17, 15) is 4.39 Å². The third kappa shape index (κ3) is 3.02. The van der Waals surface area contributed by atoms with Crippen molar-refractivity contribution in [3.05, 3.63) is 18.2 Å². The second kappa shape index (κ2) is 5.96. The van der Waals surface area contributed by atoms with Crippen LogP contribution in [-0.2, 0) is 0 Å². The van der Waals surface area contributed by atoms with E-state index in [1.54, 1.807) is 0 Å². The van der Waals surface area contributed by atoms with Gasteiger partial charge in [-0.2, -0.15) is 0 Å². The summed E-state index contributed by atoms with van der Waals surface area (Å²) < 4.78 is 12.6. The summed E-state index contributed by atoms with van der Waals surface area (Å²) in [6.45, 7) is 2.50. The summed E-state index contributed by atoms with van der Waals surface area (Å²) in [7, 11) is 0. The number of hydrogen-bond acceptors (Lipinski definition) is 4. The molecule has 4 nitrogen and oxygen atoms in total. The van der Waals surface area contributed by atoms with Gasteiger partial charge >= 0.3 is 0 Å². The van der Waals surface area contributed by atoms with E-state index in [0.717, 1.165) is 25.9 Å². The van der Waals surface area contributed by atoms with E-state index in [4.69, 9.17) is 5.73 Å². The molecule has 1 saturated heterocycles. The molecule has 16 heavy (non-hydrogen) atoms. The molecule has 6 heteroatoms. The second-order valence-electron chi connectivity index (χ2n) is 3.89. The summed E-state index contributed by atoms with van der Waals surface area (Å²) in [6.07, 6.45) is 4.67. The molecule has 1 unspecified atom stereocenters. The lowest BCUT2D eigenvalue weighted by Crippen LogP contribution is -2.39. The van der Waals surface area contributed by atoms with Crippen molar-refractivity contribution in [2.75, 3.05) is 24.5 Å². The molecule has 0 bridgehead atoms. The number of nitrogens with zero attached hydrogens (tertiary/aromatic N) is 3. The first-order chi connectivity index (χ1) is 7.29. The predicted molar refractivity (Wildman–Crippen MR) is 63.2 cm³/mol. The van der Waals surface area contributed by atoms with Crippen LogP contribution in [0.5, 0.6) is 0 Å². The molecule has 90 valence electrons. The molecule has 1 aromatic heterocycles. The van der Waals surface area contributed by atoms with Crippen LogP contribution < -0.4 is 10.6 Å². The molecular formula is C10H16ClFN4. The monoisotopic (exact) mass is 246 g/mol. The van der Waals surface area contributed by atoms with Gasteiger partial charge in [0, 0.05) is 13.1 Å². The molecule has 1 aromatic rings. The SMILES string of the molecule is Cl.NCC1CCCN(c2ncc(F)cn2)C1. The number of piperidine rings is 1. The molecular weight excluding hydrogens is 231 g/mol. The number of halogens is 2. The Kier molecular flexibility index (Phi) is 4.89. The van der Waals surface area contributed by atoms with Crippen LogP contribution >= 0.6 is 12.4 Å². The fraction of sp³-hybridized carbons (Fsp3) is 0.600. The van der Waals surface area contributed by atoms with Crippen LogP contribution in [0.15, 0.2) is 12.4 Å². The van der Waals surface area contributed by atoms with Crippen molar-refractivity contribution in [1.29, 1.82) is 0 Å². The minimum Gasteiger partial charge on any atom is -0.341 e. The Balaban J connectivity index is 0.00000128. The first-order valence-corrected chi connectivity index (χ1v) is 5.22. The second-order valence-corrected chi connectivity index (χ2v) is 3.89. The molecule has 0 radical (unpaired) electrons. The Morgan fingerprint density at radius 3 is 2.75 bits per heavy atom. The molecule has 0 amide bonds. The van der Waals surface area contributed by atoms with Crippen molar-refractivity contribution >= 4 is 18.4 Å². The average molecular weight is 247 g/mol. The Bertz CT molecular complexity index is 319. The van der Waals surface area contributed by atoms with Gasteiger partial charge < -0.3 is 10.6 Å². The zero-order valence-corrected chi connectivity index (χ0v) is 9.79. The summed E-state index contributed by atoms with van der Waals surface area (Å²) in [6, 6.07) is 0. The average Bonchev–Trinajstić information content (AvgIpc) is 2.30. The van der Waals surface area contributed by atoms with E-state index in [2.05, 4.69) is 14.9 Å². The van der Waals surface area contributed by atoms with Crippen molar-refractivity contribution in [3.63, 3.8) is 0 Å². The van der Waals surface area contributed by atoms with Gasteiger partial charge in [-0.15, -0.1) is 12.4 Å². The fourth-order valence-corrected chi connectivity index (χ4v) is 1.91. The third-order valence-electron chi connectivity index (χ3n) is 2.74. The Hall–Kier alpha value is -0.940. The van der Waals surface area contributed by atoms with Crippen molar-refractivity contribution < 1.29 is 4.39 Å². The van der Waals surface area contributed by atoms with Crippen LogP contribution in [0.2, 0.25) is 0 Å². The van der Waals surface area contributed by atoms with Gasteiger partial charge in [-0.3, -0.25) is 0 Å². The van der Waals surface area contributed by atoms with Gasteiger partial charge in [0.2, 0.25) is 5.95 Å². The lowest BCUT2D eigenvalue weighted by molar-refractivity contribution is 0.419. The van der Waals surface area contributed by atoms with Crippen LogP contribution in [0.4, 0.5) is 10.3 Å². The van der Waals surface area contributed by atoms with E-state index < -0.39 is 5.82 Å². The van der Waals surface area contributed by atoms with Crippen LogP contribution in [-0.4, -0.2) is 29.6 Å². The van der Waals surface area contributed by atoms with Crippen molar-refractivity contribution in [2.24, 2.45) is 11.7 Å². The van der Waals surface area contributed by atoms with Crippen LogP contribution in [0, 0.1) is 11.7 Å². The molecule has 2 N–H and O–H groups in total. The van der Waals surface area contributed by atoms with E-state index in [1.807, 2.05) is 0 Å². The molecule has 1 aliphatic rings. The molecule has 1 aliphatic heterocycles. The zero-order valence-electron chi connectivity index (χ0n) is 8.97. The maximum atomic E-state index is 12.6. The number of nitrogens with two attached hydrogens (primary N) is 1. The van der Waals surface area contributed by atoms with Crippen LogP contribution in [0.25, 0.3) is 0 Å². The Labute approximate surface area is 100 Å². The first kappa shape index (κ1) is 13.1. The third-order valence-corrected chi connectivity index (χ3v) is 2.74. The Morgan fingerprint density at radius 2 is 2.12 bits per heavy atom. The normalized spacial score (nSPS) is 20.4. The largest absolute Gasteiger partial charge is 0.341 e. The molecule has 1 atom stereocenters. The fourth-order valence-electron chi connectivity index (χ4n) is 1.91. The molecule has 1 fully saturated rings. The smallest absolute Gasteiger partial charge is 0.225 e. The highest BCUT2D eigenvalue weighted by Crippen LogP contribution is 2.18. The van der Waals surface area contributed by atoms with Gasteiger partial charge in [0.05, 0.1) is 12.4 Å². The van der Waals surface area contributed by atoms with Crippen molar-refractivity contribution in [1.82, 2.24) is 9.97 Å². The maximum absolute atomic E-state index is 12.6. The van der Waals surface area contributed by atoms with Gasteiger partial charge in [0.15, 0.2) is 5.82 Å². The highest BCUT2D eigenvalue weighted by Gasteiger charge is 2.20. The lowest BCUT2D eigenvalue weighted by Gasteiger charge is -2.31. The summed E-state index contributed by atoms with van der Waals surface area (Å²) in [5.41, 5.74) is 5.64.